The van der Waals surface area contributed by atoms with Gasteiger partial charge >= 0.3 is 0 Å². The molecule has 0 saturated carbocycles. The fraction of sp³-hybridized carbons (Fsp3) is 0.667. The van der Waals surface area contributed by atoms with E-state index in [1.54, 1.807) is 4.31 Å². The van der Waals surface area contributed by atoms with E-state index in [1.165, 1.54) is 0 Å². The first-order chi connectivity index (χ1) is 10.9. The lowest BCUT2D eigenvalue weighted by Crippen LogP contribution is -2.32. The van der Waals surface area contributed by atoms with Crippen LogP contribution >= 0.6 is 0 Å². The van der Waals surface area contributed by atoms with Crippen molar-refractivity contribution >= 4 is 10.0 Å². The van der Waals surface area contributed by atoms with Gasteiger partial charge in [-0.2, -0.15) is 4.31 Å². The lowest BCUT2D eigenvalue weighted by molar-refractivity contribution is 0.328. The molecule has 0 aliphatic carbocycles. The Labute approximate surface area is 140 Å². The second-order valence-corrected chi connectivity index (χ2v) is 8.47. The Balaban J connectivity index is 2.51. The third-order valence-corrected chi connectivity index (χ3v) is 6.36. The fourth-order valence-electron chi connectivity index (χ4n) is 3.19. The maximum atomic E-state index is 13.2. The molecule has 5 heteroatoms. The molecule has 0 radical (unpaired) electrons. The molecule has 1 fully saturated rings. The van der Waals surface area contributed by atoms with Gasteiger partial charge in [-0.15, -0.1) is 0 Å². The highest BCUT2D eigenvalue weighted by Gasteiger charge is 2.29. The zero-order chi connectivity index (χ0) is 17.0. The SMILES string of the molecule is CCOc1cc(C)c(C(C)C)cc1S(=O)(=O)N1CCCCCC1. The molecular formula is C18H29NO3S. The van der Waals surface area contributed by atoms with E-state index in [9.17, 15) is 8.42 Å². The Morgan fingerprint density at radius 3 is 2.26 bits per heavy atom. The van der Waals surface area contributed by atoms with Crippen molar-refractivity contribution in [2.45, 2.75) is 64.2 Å². The highest BCUT2D eigenvalue weighted by atomic mass is 32.2. The van der Waals surface area contributed by atoms with Crippen molar-refractivity contribution in [1.29, 1.82) is 0 Å². The highest BCUT2D eigenvalue weighted by molar-refractivity contribution is 7.89. The van der Waals surface area contributed by atoms with Gasteiger partial charge in [0.25, 0.3) is 0 Å². The van der Waals surface area contributed by atoms with Crippen molar-refractivity contribution in [2.24, 2.45) is 0 Å². The molecule has 1 aromatic carbocycles. The molecule has 2 rings (SSSR count). The van der Waals surface area contributed by atoms with Gasteiger partial charge in [0.1, 0.15) is 10.6 Å². The summed E-state index contributed by atoms with van der Waals surface area (Å²) in [6.45, 7) is 9.75. The maximum Gasteiger partial charge on any atom is 0.246 e. The van der Waals surface area contributed by atoms with Gasteiger partial charge in [-0.1, -0.05) is 26.7 Å². The van der Waals surface area contributed by atoms with E-state index < -0.39 is 10.0 Å². The quantitative estimate of drug-likeness (QED) is 0.812. The first kappa shape index (κ1) is 18.3. The summed E-state index contributed by atoms with van der Waals surface area (Å²) in [5, 5.41) is 0. The number of hydrogen-bond donors (Lipinski definition) is 0. The van der Waals surface area contributed by atoms with Crippen LogP contribution < -0.4 is 4.74 Å². The Hall–Kier alpha value is -1.07. The Morgan fingerprint density at radius 1 is 1.13 bits per heavy atom. The van der Waals surface area contributed by atoms with E-state index in [1.807, 2.05) is 26.0 Å². The molecule has 23 heavy (non-hydrogen) atoms. The minimum atomic E-state index is -3.50. The summed E-state index contributed by atoms with van der Waals surface area (Å²) in [6.07, 6.45) is 4.09. The summed E-state index contributed by atoms with van der Waals surface area (Å²) < 4.78 is 33.6. The van der Waals surface area contributed by atoms with Crippen molar-refractivity contribution in [1.82, 2.24) is 4.31 Å². The number of benzene rings is 1. The van der Waals surface area contributed by atoms with Crippen LogP contribution in [0.4, 0.5) is 0 Å². The molecule has 1 aliphatic heterocycles. The third kappa shape index (κ3) is 4.07. The minimum Gasteiger partial charge on any atom is -0.492 e. The molecule has 0 atom stereocenters. The van der Waals surface area contributed by atoms with E-state index >= 15 is 0 Å². The van der Waals surface area contributed by atoms with Gasteiger partial charge in [-0.05, 0) is 55.9 Å². The number of rotatable bonds is 5. The van der Waals surface area contributed by atoms with Crippen LogP contribution in [0.15, 0.2) is 17.0 Å². The Morgan fingerprint density at radius 2 is 1.74 bits per heavy atom. The molecule has 1 aromatic rings. The lowest BCUT2D eigenvalue weighted by atomic mass is 9.98. The molecule has 0 bridgehead atoms. The van der Waals surface area contributed by atoms with Crippen LogP contribution in [0.3, 0.4) is 0 Å². The summed E-state index contributed by atoms with van der Waals surface area (Å²) in [6, 6.07) is 3.70. The van der Waals surface area contributed by atoms with Gasteiger partial charge in [0.2, 0.25) is 10.0 Å². The molecule has 0 spiro atoms. The number of hydrogen-bond acceptors (Lipinski definition) is 3. The first-order valence-electron chi connectivity index (χ1n) is 8.65. The summed E-state index contributed by atoms with van der Waals surface area (Å²) in [7, 11) is -3.50. The normalized spacial score (nSPS) is 17.3. The predicted molar refractivity (Wildman–Crippen MR) is 93.7 cm³/mol. The average molecular weight is 340 g/mol. The summed E-state index contributed by atoms with van der Waals surface area (Å²) in [5.74, 6) is 0.766. The minimum absolute atomic E-state index is 0.281. The molecule has 1 saturated heterocycles. The maximum absolute atomic E-state index is 13.2. The second-order valence-electron chi connectivity index (χ2n) is 6.56. The largest absolute Gasteiger partial charge is 0.492 e. The van der Waals surface area contributed by atoms with Gasteiger partial charge in [0.05, 0.1) is 6.61 Å². The Kier molecular flexibility index (Phi) is 6.09. The number of sulfonamides is 1. The van der Waals surface area contributed by atoms with Crippen molar-refractivity contribution in [2.75, 3.05) is 19.7 Å². The number of aryl methyl sites for hydroxylation is 1. The third-order valence-electron chi connectivity index (χ3n) is 4.44. The summed E-state index contributed by atoms with van der Waals surface area (Å²) in [4.78, 5) is 0.329. The van der Waals surface area contributed by atoms with Crippen molar-refractivity contribution < 1.29 is 13.2 Å². The van der Waals surface area contributed by atoms with Crippen LogP contribution in [0, 0.1) is 6.92 Å². The second kappa shape index (κ2) is 7.67. The molecule has 4 nitrogen and oxygen atoms in total. The van der Waals surface area contributed by atoms with Crippen LogP contribution in [-0.4, -0.2) is 32.4 Å². The molecule has 0 unspecified atom stereocenters. The lowest BCUT2D eigenvalue weighted by Gasteiger charge is -2.23. The summed E-state index contributed by atoms with van der Waals surface area (Å²) >= 11 is 0. The smallest absolute Gasteiger partial charge is 0.246 e. The van der Waals surface area contributed by atoms with E-state index in [2.05, 4.69) is 13.8 Å². The van der Waals surface area contributed by atoms with Crippen LogP contribution in [0.5, 0.6) is 5.75 Å². The van der Waals surface area contributed by atoms with E-state index in [-0.39, 0.29) is 5.92 Å². The van der Waals surface area contributed by atoms with Crippen LogP contribution in [0.25, 0.3) is 0 Å². The van der Waals surface area contributed by atoms with Gasteiger partial charge in [-0.3, -0.25) is 0 Å². The molecule has 0 amide bonds. The number of ether oxygens (including phenoxy) is 1. The van der Waals surface area contributed by atoms with E-state index in [4.69, 9.17) is 4.74 Å². The van der Waals surface area contributed by atoms with Crippen LogP contribution in [0.2, 0.25) is 0 Å². The van der Waals surface area contributed by atoms with Crippen molar-refractivity contribution in [3.8, 4) is 5.75 Å². The Bertz CT molecular complexity index is 630. The zero-order valence-electron chi connectivity index (χ0n) is 14.8. The molecule has 0 N–H and O–H groups in total. The van der Waals surface area contributed by atoms with E-state index in [0.29, 0.717) is 30.3 Å². The zero-order valence-corrected chi connectivity index (χ0v) is 15.6. The molecule has 1 heterocycles. The van der Waals surface area contributed by atoms with Crippen molar-refractivity contribution in [3.63, 3.8) is 0 Å². The van der Waals surface area contributed by atoms with Crippen molar-refractivity contribution in [3.05, 3.63) is 23.3 Å². The van der Waals surface area contributed by atoms with Gasteiger partial charge < -0.3 is 4.74 Å². The van der Waals surface area contributed by atoms with Gasteiger partial charge in [0.15, 0.2) is 0 Å². The number of nitrogens with zero attached hydrogens (tertiary/aromatic N) is 1. The highest BCUT2D eigenvalue weighted by Crippen LogP contribution is 2.33. The molecule has 1 aliphatic rings. The molecule has 0 aromatic heterocycles. The van der Waals surface area contributed by atoms with Crippen LogP contribution in [-0.2, 0) is 10.0 Å². The predicted octanol–water partition coefficient (Wildman–Crippen LogP) is 4.08. The van der Waals surface area contributed by atoms with Crippen LogP contribution in [0.1, 0.15) is 63.5 Å². The fourth-order valence-corrected chi connectivity index (χ4v) is 4.86. The first-order valence-corrected chi connectivity index (χ1v) is 10.1. The topological polar surface area (TPSA) is 46.6 Å². The standard InChI is InChI=1S/C18H29NO3S/c1-5-22-17-12-15(4)16(14(2)3)13-18(17)23(20,21)19-10-8-6-7-9-11-19/h12-14H,5-11H2,1-4H3. The van der Waals surface area contributed by atoms with E-state index in [0.717, 1.165) is 36.8 Å². The average Bonchev–Trinajstić information content (AvgIpc) is 2.76. The van der Waals surface area contributed by atoms with Gasteiger partial charge in [0, 0.05) is 13.1 Å². The molecular weight excluding hydrogens is 310 g/mol. The summed E-state index contributed by atoms with van der Waals surface area (Å²) in [5.41, 5.74) is 2.15. The monoisotopic (exact) mass is 339 g/mol. The molecule has 130 valence electrons. The van der Waals surface area contributed by atoms with Gasteiger partial charge in [-0.25, -0.2) is 8.42 Å².